The number of benzene rings is 1. The van der Waals surface area contributed by atoms with Crippen molar-refractivity contribution in [2.75, 3.05) is 11.9 Å². The predicted molar refractivity (Wildman–Crippen MR) is 73.8 cm³/mol. The van der Waals surface area contributed by atoms with E-state index in [1.807, 2.05) is 39.0 Å². The molecule has 0 amide bonds. The highest BCUT2D eigenvalue weighted by Crippen LogP contribution is 2.41. The Bertz CT molecular complexity index is 466. The average molecular weight is 263 g/mol. The van der Waals surface area contributed by atoms with Gasteiger partial charge >= 0.3 is 0 Å². The maximum atomic E-state index is 5.74. The molecule has 0 unspecified atom stereocenters. The van der Waals surface area contributed by atoms with Crippen LogP contribution in [-0.2, 0) is 4.74 Å². The molecule has 1 aromatic rings. The summed E-state index contributed by atoms with van der Waals surface area (Å²) in [4.78, 5) is 0. The van der Waals surface area contributed by atoms with E-state index in [2.05, 4.69) is 5.32 Å². The smallest absolute Gasteiger partial charge is 0.246 e. The van der Waals surface area contributed by atoms with Gasteiger partial charge in [-0.1, -0.05) is 0 Å². The zero-order valence-corrected chi connectivity index (χ0v) is 11.7. The first-order valence-electron chi connectivity index (χ1n) is 6.96. The number of rotatable bonds is 4. The molecule has 1 N–H and O–H groups in total. The quantitative estimate of drug-likeness (QED) is 0.905. The lowest BCUT2D eigenvalue weighted by Crippen LogP contribution is -2.40. The monoisotopic (exact) mass is 263 g/mol. The number of hydrogen-bond donors (Lipinski definition) is 1. The van der Waals surface area contributed by atoms with Crippen LogP contribution in [0.25, 0.3) is 0 Å². The zero-order valence-electron chi connectivity index (χ0n) is 11.7. The molecule has 4 heteroatoms. The number of hydrogen-bond acceptors (Lipinski definition) is 4. The van der Waals surface area contributed by atoms with Crippen LogP contribution >= 0.6 is 0 Å². The molecule has 1 aliphatic carbocycles. The van der Waals surface area contributed by atoms with Crippen LogP contribution in [-0.4, -0.2) is 24.5 Å². The highest BCUT2D eigenvalue weighted by atomic mass is 16.7. The van der Waals surface area contributed by atoms with E-state index in [0.29, 0.717) is 12.1 Å². The van der Waals surface area contributed by atoms with Gasteiger partial charge in [-0.2, -0.15) is 0 Å². The maximum absolute atomic E-state index is 5.74. The van der Waals surface area contributed by atoms with E-state index in [0.717, 1.165) is 36.6 Å². The van der Waals surface area contributed by atoms with E-state index in [1.54, 1.807) is 0 Å². The molecule has 2 aliphatic rings. The molecule has 1 heterocycles. The van der Waals surface area contributed by atoms with Gasteiger partial charge in [-0.3, -0.25) is 0 Å². The van der Waals surface area contributed by atoms with Gasteiger partial charge in [-0.05, 0) is 31.9 Å². The van der Waals surface area contributed by atoms with Crippen molar-refractivity contribution >= 4 is 5.69 Å². The van der Waals surface area contributed by atoms with E-state index in [4.69, 9.17) is 14.2 Å². The second-order valence-electron chi connectivity index (χ2n) is 5.66. The van der Waals surface area contributed by atoms with Crippen molar-refractivity contribution in [1.29, 1.82) is 0 Å². The fourth-order valence-electron chi connectivity index (χ4n) is 2.60. The largest absolute Gasteiger partial charge is 0.449 e. The second-order valence-corrected chi connectivity index (χ2v) is 5.66. The van der Waals surface area contributed by atoms with Crippen molar-refractivity contribution in [3.63, 3.8) is 0 Å². The third kappa shape index (κ3) is 2.63. The number of fused-ring (bicyclic) bond motifs is 1. The highest BCUT2D eigenvalue weighted by Gasteiger charge is 2.33. The summed E-state index contributed by atoms with van der Waals surface area (Å²) in [5.41, 5.74) is 1.08. The summed E-state index contributed by atoms with van der Waals surface area (Å²) in [5.74, 6) is 1.07. The Morgan fingerprint density at radius 1 is 1.26 bits per heavy atom. The first-order valence-corrected chi connectivity index (χ1v) is 6.96. The van der Waals surface area contributed by atoms with Crippen molar-refractivity contribution in [1.82, 2.24) is 0 Å². The maximum Gasteiger partial charge on any atom is 0.246 e. The second kappa shape index (κ2) is 4.60. The molecule has 0 atom stereocenters. The fourth-order valence-corrected chi connectivity index (χ4v) is 2.60. The topological polar surface area (TPSA) is 39.7 Å². The fraction of sp³-hybridized carbons (Fsp3) is 0.600. The van der Waals surface area contributed by atoms with E-state index in [9.17, 15) is 0 Å². The zero-order chi connectivity index (χ0) is 13.5. The van der Waals surface area contributed by atoms with E-state index >= 15 is 0 Å². The lowest BCUT2D eigenvalue weighted by molar-refractivity contribution is -0.0431. The van der Waals surface area contributed by atoms with Crippen LogP contribution in [0.15, 0.2) is 18.2 Å². The molecule has 3 rings (SSSR count). The van der Waals surface area contributed by atoms with Crippen LogP contribution in [0, 0.1) is 0 Å². The molecule has 4 nitrogen and oxygen atoms in total. The Morgan fingerprint density at radius 2 is 2.00 bits per heavy atom. The van der Waals surface area contributed by atoms with Crippen molar-refractivity contribution in [2.45, 2.75) is 51.5 Å². The molecule has 19 heavy (non-hydrogen) atoms. The van der Waals surface area contributed by atoms with Crippen molar-refractivity contribution < 1.29 is 14.2 Å². The van der Waals surface area contributed by atoms with Gasteiger partial charge in [-0.25, -0.2) is 0 Å². The Hall–Kier alpha value is -1.42. The van der Waals surface area contributed by atoms with E-state index < -0.39 is 5.79 Å². The van der Waals surface area contributed by atoms with Gasteiger partial charge in [0.15, 0.2) is 11.5 Å². The summed E-state index contributed by atoms with van der Waals surface area (Å²) in [5, 5.41) is 3.51. The molecule has 1 saturated carbocycles. The van der Waals surface area contributed by atoms with Crippen LogP contribution in [0.1, 0.15) is 33.6 Å². The average Bonchev–Trinajstić information content (AvgIpc) is 2.59. The Labute approximate surface area is 114 Å². The van der Waals surface area contributed by atoms with Crippen LogP contribution in [0.3, 0.4) is 0 Å². The summed E-state index contributed by atoms with van der Waals surface area (Å²) in [6.45, 7) is 6.67. The van der Waals surface area contributed by atoms with Crippen LogP contribution < -0.4 is 14.8 Å². The number of nitrogens with one attached hydrogen (secondary N) is 1. The molecule has 1 fully saturated rings. The molecule has 0 spiro atoms. The van der Waals surface area contributed by atoms with Gasteiger partial charge in [-0.15, -0.1) is 0 Å². The third-order valence-electron chi connectivity index (χ3n) is 3.52. The van der Waals surface area contributed by atoms with Crippen LogP contribution in [0.2, 0.25) is 0 Å². The van der Waals surface area contributed by atoms with Gasteiger partial charge in [0.2, 0.25) is 5.79 Å². The lowest BCUT2D eigenvalue weighted by atomic mass is 9.89. The molecule has 0 saturated heterocycles. The van der Waals surface area contributed by atoms with Gasteiger partial charge < -0.3 is 19.5 Å². The minimum Gasteiger partial charge on any atom is -0.449 e. The minimum atomic E-state index is -0.558. The molecular formula is C15H21NO3. The van der Waals surface area contributed by atoms with Gasteiger partial charge in [0.25, 0.3) is 0 Å². The Morgan fingerprint density at radius 3 is 2.74 bits per heavy atom. The normalized spacial score (nSPS) is 26.9. The number of ether oxygens (including phenoxy) is 3. The lowest BCUT2D eigenvalue weighted by Gasteiger charge is -2.36. The summed E-state index contributed by atoms with van der Waals surface area (Å²) in [6.07, 6.45) is 2.58. The molecule has 104 valence electrons. The highest BCUT2D eigenvalue weighted by molar-refractivity contribution is 5.56. The SMILES string of the molecule is CCOC1CC(Nc2ccc3c(c2)OC(C)(C)O3)C1. The summed E-state index contributed by atoms with van der Waals surface area (Å²) in [7, 11) is 0. The predicted octanol–water partition coefficient (Wildman–Crippen LogP) is 3.17. The Balaban J connectivity index is 1.59. The molecule has 0 aromatic heterocycles. The van der Waals surface area contributed by atoms with Crippen LogP contribution in [0.4, 0.5) is 5.69 Å². The molecular weight excluding hydrogens is 242 g/mol. The molecule has 1 aromatic carbocycles. The molecule has 0 bridgehead atoms. The van der Waals surface area contributed by atoms with Crippen molar-refractivity contribution in [3.8, 4) is 11.5 Å². The van der Waals surface area contributed by atoms with Gasteiger partial charge in [0, 0.05) is 38.2 Å². The first kappa shape index (κ1) is 12.6. The van der Waals surface area contributed by atoms with Gasteiger partial charge in [0.05, 0.1) is 6.10 Å². The van der Waals surface area contributed by atoms with Crippen molar-refractivity contribution in [2.24, 2.45) is 0 Å². The van der Waals surface area contributed by atoms with Crippen LogP contribution in [0.5, 0.6) is 11.5 Å². The van der Waals surface area contributed by atoms with Crippen molar-refractivity contribution in [3.05, 3.63) is 18.2 Å². The first-order chi connectivity index (χ1) is 9.05. The summed E-state index contributed by atoms with van der Waals surface area (Å²) < 4.78 is 17.0. The van der Waals surface area contributed by atoms with E-state index in [1.165, 1.54) is 0 Å². The summed E-state index contributed by atoms with van der Waals surface area (Å²) in [6, 6.07) is 6.52. The molecule has 0 radical (unpaired) electrons. The summed E-state index contributed by atoms with van der Waals surface area (Å²) >= 11 is 0. The standard InChI is InChI=1S/C15H21NO3/c1-4-17-12-7-11(8-12)16-10-5-6-13-14(9-10)19-15(2,3)18-13/h5-6,9,11-12,16H,4,7-8H2,1-3H3. The molecule has 1 aliphatic heterocycles. The minimum absolute atomic E-state index is 0.426. The number of anilines is 1. The van der Waals surface area contributed by atoms with Gasteiger partial charge in [0.1, 0.15) is 0 Å². The van der Waals surface area contributed by atoms with E-state index in [-0.39, 0.29) is 0 Å². The third-order valence-corrected chi connectivity index (χ3v) is 3.52. The Kier molecular flexibility index (Phi) is 3.05.